The minimum Gasteiger partial charge on any atom is -0.343 e. The van der Waals surface area contributed by atoms with Crippen molar-refractivity contribution in [3.8, 4) is 0 Å². The molecule has 0 aromatic heterocycles. The quantitative estimate of drug-likeness (QED) is 0.665. The van der Waals surface area contributed by atoms with E-state index in [-0.39, 0.29) is 17.2 Å². The molecule has 1 atom stereocenters. The molecule has 7 heteroatoms. The second-order valence-corrected chi connectivity index (χ2v) is 10.5. The van der Waals surface area contributed by atoms with E-state index in [0.717, 1.165) is 48.0 Å². The second kappa shape index (κ2) is 8.58. The fraction of sp³-hybridized carbons (Fsp3) is 0.409. The van der Waals surface area contributed by atoms with Gasteiger partial charge >= 0.3 is 0 Å². The zero-order valence-corrected chi connectivity index (χ0v) is 18.7. The predicted molar refractivity (Wildman–Crippen MR) is 116 cm³/mol. The van der Waals surface area contributed by atoms with E-state index in [1.807, 2.05) is 29.2 Å². The van der Waals surface area contributed by atoms with Crippen molar-refractivity contribution in [3.63, 3.8) is 0 Å². The van der Waals surface area contributed by atoms with Gasteiger partial charge in [-0.2, -0.15) is 4.31 Å². The molecule has 2 aliphatic heterocycles. The number of benzene rings is 2. The number of carbonyl (C=O) groups is 1. The smallest absolute Gasteiger partial charge is 0.243 e. The molecule has 2 heterocycles. The molecule has 0 spiro atoms. The van der Waals surface area contributed by atoms with Gasteiger partial charge < -0.3 is 4.90 Å². The van der Waals surface area contributed by atoms with Gasteiger partial charge in [-0.05, 0) is 61.1 Å². The molecule has 1 unspecified atom stereocenters. The maximum atomic E-state index is 13.5. The Morgan fingerprint density at radius 3 is 2.38 bits per heavy atom. The van der Waals surface area contributed by atoms with Crippen molar-refractivity contribution in [1.29, 1.82) is 0 Å². The summed E-state index contributed by atoms with van der Waals surface area (Å²) in [5.74, 6) is 0.0439. The molecular formula is C22H25BrN2O3S. The molecule has 0 N–H and O–H groups in total. The molecule has 1 saturated heterocycles. The van der Waals surface area contributed by atoms with Crippen molar-refractivity contribution < 1.29 is 13.2 Å². The first-order valence-corrected chi connectivity index (χ1v) is 12.3. The molecule has 2 aromatic rings. The molecule has 1 fully saturated rings. The minimum atomic E-state index is -3.71. The Balaban J connectivity index is 1.68. The van der Waals surface area contributed by atoms with Gasteiger partial charge in [0.25, 0.3) is 0 Å². The standard InChI is InChI=1S/C22H25BrN2O3S/c23-18-8-10-19(11-9-18)29(27,28)25-15-12-17-6-2-3-7-20(17)21(25)16-22(26)24-13-4-1-5-14-24/h2-3,6-11,21H,1,4-5,12-16H2. The highest BCUT2D eigenvalue weighted by Gasteiger charge is 2.38. The number of nitrogens with zero attached hydrogens (tertiary/aromatic N) is 2. The molecule has 0 aliphatic carbocycles. The Labute approximate surface area is 180 Å². The molecule has 29 heavy (non-hydrogen) atoms. The van der Waals surface area contributed by atoms with Crippen LogP contribution in [0.3, 0.4) is 0 Å². The third kappa shape index (κ3) is 4.27. The number of carbonyl (C=O) groups excluding carboxylic acids is 1. The number of likely N-dealkylation sites (tertiary alicyclic amines) is 1. The van der Waals surface area contributed by atoms with E-state index in [1.165, 1.54) is 4.31 Å². The van der Waals surface area contributed by atoms with E-state index < -0.39 is 16.1 Å². The zero-order chi connectivity index (χ0) is 20.4. The molecule has 4 rings (SSSR count). The maximum Gasteiger partial charge on any atom is 0.243 e. The molecule has 0 saturated carbocycles. The van der Waals surface area contributed by atoms with E-state index in [4.69, 9.17) is 0 Å². The van der Waals surface area contributed by atoms with Crippen LogP contribution < -0.4 is 0 Å². The molecule has 0 bridgehead atoms. The first-order chi connectivity index (χ1) is 14.0. The van der Waals surface area contributed by atoms with Crippen molar-refractivity contribution >= 4 is 31.9 Å². The van der Waals surface area contributed by atoms with Gasteiger partial charge in [0.2, 0.25) is 15.9 Å². The summed E-state index contributed by atoms with van der Waals surface area (Å²) >= 11 is 3.36. The van der Waals surface area contributed by atoms with Crippen LogP contribution in [0.2, 0.25) is 0 Å². The lowest BCUT2D eigenvalue weighted by Crippen LogP contribution is -2.43. The van der Waals surface area contributed by atoms with Crippen molar-refractivity contribution in [2.24, 2.45) is 0 Å². The van der Waals surface area contributed by atoms with E-state index >= 15 is 0 Å². The number of rotatable bonds is 4. The number of fused-ring (bicyclic) bond motifs is 1. The monoisotopic (exact) mass is 476 g/mol. The van der Waals surface area contributed by atoms with Crippen LogP contribution >= 0.6 is 15.9 Å². The van der Waals surface area contributed by atoms with E-state index in [1.54, 1.807) is 24.3 Å². The minimum absolute atomic E-state index is 0.0439. The number of sulfonamides is 1. The van der Waals surface area contributed by atoms with Crippen molar-refractivity contribution in [1.82, 2.24) is 9.21 Å². The Kier molecular flexibility index (Phi) is 6.08. The summed E-state index contributed by atoms with van der Waals surface area (Å²) < 4.78 is 29.3. The fourth-order valence-corrected chi connectivity index (χ4v) is 6.18. The molecule has 2 aliphatic rings. The van der Waals surface area contributed by atoms with Crippen LogP contribution in [0.1, 0.15) is 42.9 Å². The van der Waals surface area contributed by atoms with E-state index in [9.17, 15) is 13.2 Å². The van der Waals surface area contributed by atoms with Gasteiger partial charge in [0.05, 0.1) is 10.9 Å². The zero-order valence-electron chi connectivity index (χ0n) is 16.3. The van der Waals surface area contributed by atoms with Crippen LogP contribution in [0.4, 0.5) is 0 Å². The third-order valence-corrected chi connectivity index (χ3v) is 8.31. The van der Waals surface area contributed by atoms with E-state index in [2.05, 4.69) is 15.9 Å². The predicted octanol–water partition coefficient (Wildman–Crippen LogP) is 4.14. The van der Waals surface area contributed by atoms with Gasteiger partial charge in [-0.15, -0.1) is 0 Å². The molecule has 5 nitrogen and oxygen atoms in total. The fourth-order valence-electron chi connectivity index (χ4n) is 4.31. The lowest BCUT2D eigenvalue weighted by atomic mass is 9.92. The molecular weight excluding hydrogens is 452 g/mol. The van der Waals surface area contributed by atoms with Crippen LogP contribution in [0.5, 0.6) is 0 Å². The normalized spacial score (nSPS) is 20.3. The highest BCUT2D eigenvalue weighted by atomic mass is 79.9. The summed E-state index contributed by atoms with van der Waals surface area (Å²) in [7, 11) is -3.71. The first kappa shape index (κ1) is 20.6. The first-order valence-electron chi connectivity index (χ1n) is 10.1. The van der Waals surface area contributed by atoms with Gasteiger partial charge in [0.15, 0.2) is 0 Å². The lowest BCUT2D eigenvalue weighted by Gasteiger charge is -2.37. The van der Waals surface area contributed by atoms with Gasteiger partial charge in [-0.25, -0.2) is 8.42 Å². The average Bonchev–Trinajstić information content (AvgIpc) is 2.74. The molecule has 0 radical (unpaired) electrons. The Bertz CT molecular complexity index is 985. The molecule has 2 aromatic carbocycles. The van der Waals surface area contributed by atoms with Crippen LogP contribution in [0, 0.1) is 0 Å². The largest absolute Gasteiger partial charge is 0.343 e. The SMILES string of the molecule is O=C(CC1c2ccccc2CCN1S(=O)(=O)c1ccc(Br)cc1)N1CCCCC1. The van der Waals surface area contributed by atoms with Gasteiger partial charge in [0, 0.05) is 30.5 Å². The third-order valence-electron chi connectivity index (χ3n) is 5.86. The second-order valence-electron chi connectivity index (χ2n) is 7.68. The summed E-state index contributed by atoms with van der Waals surface area (Å²) in [6.07, 6.45) is 4.04. The van der Waals surface area contributed by atoms with Crippen LogP contribution in [-0.2, 0) is 21.2 Å². The summed E-state index contributed by atoms with van der Waals surface area (Å²) in [4.78, 5) is 15.2. The number of piperidine rings is 1. The topological polar surface area (TPSA) is 57.7 Å². The lowest BCUT2D eigenvalue weighted by molar-refractivity contribution is -0.133. The summed E-state index contributed by atoms with van der Waals surface area (Å²) in [5, 5.41) is 0. The highest BCUT2D eigenvalue weighted by Crippen LogP contribution is 2.37. The maximum absolute atomic E-state index is 13.5. The summed E-state index contributed by atoms with van der Waals surface area (Å²) in [5.41, 5.74) is 2.08. The Morgan fingerprint density at radius 2 is 1.66 bits per heavy atom. The Morgan fingerprint density at radius 1 is 0.966 bits per heavy atom. The van der Waals surface area contributed by atoms with Crippen LogP contribution in [0.15, 0.2) is 57.9 Å². The Hall–Kier alpha value is -1.70. The van der Waals surface area contributed by atoms with Gasteiger partial charge in [-0.3, -0.25) is 4.79 Å². The summed E-state index contributed by atoms with van der Waals surface area (Å²) in [6.45, 7) is 1.92. The number of halogens is 1. The van der Waals surface area contributed by atoms with Crippen LogP contribution in [-0.4, -0.2) is 43.2 Å². The molecule has 154 valence electrons. The summed E-state index contributed by atoms with van der Waals surface area (Å²) in [6, 6.07) is 14.1. The number of hydrogen-bond donors (Lipinski definition) is 0. The van der Waals surface area contributed by atoms with Crippen molar-refractivity contribution in [2.75, 3.05) is 19.6 Å². The van der Waals surface area contributed by atoms with Crippen LogP contribution in [0.25, 0.3) is 0 Å². The van der Waals surface area contributed by atoms with E-state index in [0.29, 0.717) is 13.0 Å². The number of amides is 1. The van der Waals surface area contributed by atoms with Crippen molar-refractivity contribution in [2.45, 2.75) is 43.0 Å². The van der Waals surface area contributed by atoms with Gasteiger partial charge in [-0.1, -0.05) is 40.2 Å². The van der Waals surface area contributed by atoms with Crippen molar-refractivity contribution in [3.05, 3.63) is 64.1 Å². The molecule has 1 amide bonds. The number of hydrogen-bond acceptors (Lipinski definition) is 3. The van der Waals surface area contributed by atoms with Gasteiger partial charge in [0.1, 0.15) is 0 Å². The average molecular weight is 477 g/mol. The highest BCUT2D eigenvalue weighted by molar-refractivity contribution is 9.10.